The smallest absolute Gasteiger partial charge is 0.244 e. The molecule has 0 saturated carbocycles. The maximum atomic E-state index is 12.7. The summed E-state index contributed by atoms with van der Waals surface area (Å²) in [7, 11) is -3.77. The number of amides is 1. The lowest BCUT2D eigenvalue weighted by Crippen LogP contribution is -2.48. The number of rotatable bonds is 6. The van der Waals surface area contributed by atoms with E-state index in [0.717, 1.165) is 16.1 Å². The van der Waals surface area contributed by atoms with E-state index in [4.69, 9.17) is 23.2 Å². The number of benzene rings is 2. The minimum Gasteiger partial charge on any atom is -0.348 e. The topological polar surface area (TPSA) is 66.5 Å². The first-order chi connectivity index (χ1) is 12.1. The molecule has 2 rings (SSSR count). The number of nitrogens with zero attached hydrogens (tertiary/aromatic N) is 1. The van der Waals surface area contributed by atoms with Crippen molar-refractivity contribution in [3.05, 3.63) is 64.1 Å². The molecule has 2 unspecified atom stereocenters. The fourth-order valence-electron chi connectivity index (χ4n) is 2.59. The summed E-state index contributed by atoms with van der Waals surface area (Å²) in [5.74, 6) is -0.442. The van der Waals surface area contributed by atoms with Crippen molar-refractivity contribution in [2.24, 2.45) is 0 Å². The van der Waals surface area contributed by atoms with Crippen LogP contribution in [-0.2, 0) is 14.8 Å². The van der Waals surface area contributed by atoms with Crippen LogP contribution in [0.25, 0.3) is 0 Å². The molecule has 5 nitrogen and oxygen atoms in total. The van der Waals surface area contributed by atoms with Crippen molar-refractivity contribution in [3.63, 3.8) is 0 Å². The Kier molecular flexibility index (Phi) is 6.55. The fraction of sp³-hybridized carbons (Fsp3) is 0.278. The SMILES string of the molecule is CC(NC(=O)C(C)N(c1cc(Cl)ccc1Cl)S(C)(=O)=O)c1ccccc1. The number of sulfonamides is 1. The Bertz CT molecular complexity index is 889. The van der Waals surface area contributed by atoms with E-state index in [0.29, 0.717) is 5.02 Å². The van der Waals surface area contributed by atoms with Crippen molar-refractivity contribution in [1.82, 2.24) is 5.32 Å². The Morgan fingerprint density at radius 1 is 1.08 bits per heavy atom. The van der Waals surface area contributed by atoms with Crippen LogP contribution < -0.4 is 9.62 Å². The van der Waals surface area contributed by atoms with E-state index >= 15 is 0 Å². The van der Waals surface area contributed by atoms with Gasteiger partial charge in [-0.15, -0.1) is 0 Å². The van der Waals surface area contributed by atoms with Gasteiger partial charge in [-0.2, -0.15) is 0 Å². The molecule has 2 aromatic rings. The maximum Gasteiger partial charge on any atom is 0.244 e. The lowest BCUT2D eigenvalue weighted by molar-refractivity contribution is -0.122. The van der Waals surface area contributed by atoms with Crippen LogP contribution in [0.3, 0.4) is 0 Å². The maximum absolute atomic E-state index is 12.7. The molecule has 0 saturated heterocycles. The highest BCUT2D eigenvalue weighted by Gasteiger charge is 2.31. The molecule has 1 amide bonds. The second kappa shape index (κ2) is 8.29. The first kappa shape index (κ1) is 20.6. The summed E-state index contributed by atoms with van der Waals surface area (Å²) >= 11 is 12.1. The lowest BCUT2D eigenvalue weighted by Gasteiger charge is -2.30. The van der Waals surface area contributed by atoms with Gasteiger partial charge in [0.25, 0.3) is 0 Å². The molecule has 1 N–H and O–H groups in total. The number of nitrogens with one attached hydrogen (secondary N) is 1. The Labute approximate surface area is 164 Å². The van der Waals surface area contributed by atoms with Gasteiger partial charge in [0.05, 0.1) is 23.0 Å². The zero-order valence-electron chi connectivity index (χ0n) is 14.6. The normalized spacial score (nSPS) is 13.7. The molecular formula is C18H20Cl2N2O3S. The van der Waals surface area contributed by atoms with Crippen LogP contribution in [0, 0.1) is 0 Å². The van der Waals surface area contributed by atoms with Gasteiger partial charge in [-0.1, -0.05) is 53.5 Å². The van der Waals surface area contributed by atoms with Crippen molar-refractivity contribution < 1.29 is 13.2 Å². The van der Waals surface area contributed by atoms with Crippen LogP contribution in [0.1, 0.15) is 25.5 Å². The molecule has 2 aromatic carbocycles. The van der Waals surface area contributed by atoms with Gasteiger partial charge in [-0.05, 0) is 37.6 Å². The number of hydrogen-bond acceptors (Lipinski definition) is 3. The van der Waals surface area contributed by atoms with E-state index in [2.05, 4.69) is 5.32 Å². The van der Waals surface area contributed by atoms with Crippen molar-refractivity contribution in [3.8, 4) is 0 Å². The van der Waals surface area contributed by atoms with Crippen molar-refractivity contribution in [2.75, 3.05) is 10.6 Å². The van der Waals surface area contributed by atoms with Crippen molar-refractivity contribution >= 4 is 44.8 Å². The molecule has 0 heterocycles. The Morgan fingerprint density at radius 3 is 2.27 bits per heavy atom. The number of carbonyl (C=O) groups is 1. The highest BCUT2D eigenvalue weighted by molar-refractivity contribution is 7.92. The van der Waals surface area contributed by atoms with Gasteiger partial charge < -0.3 is 5.32 Å². The van der Waals surface area contributed by atoms with Crippen molar-refractivity contribution in [1.29, 1.82) is 0 Å². The third-order valence-corrected chi connectivity index (χ3v) is 5.67. The highest BCUT2D eigenvalue weighted by atomic mass is 35.5. The van der Waals surface area contributed by atoms with Crippen LogP contribution in [0.2, 0.25) is 10.0 Å². The van der Waals surface area contributed by atoms with E-state index in [1.165, 1.54) is 19.1 Å². The average Bonchev–Trinajstić information content (AvgIpc) is 2.57. The van der Waals surface area contributed by atoms with E-state index in [1.807, 2.05) is 37.3 Å². The summed E-state index contributed by atoms with van der Waals surface area (Å²) in [6.07, 6.45) is 1.02. The molecule has 26 heavy (non-hydrogen) atoms. The van der Waals surface area contributed by atoms with E-state index in [9.17, 15) is 13.2 Å². The summed E-state index contributed by atoms with van der Waals surface area (Å²) < 4.78 is 25.7. The van der Waals surface area contributed by atoms with Crippen LogP contribution >= 0.6 is 23.2 Å². The zero-order chi connectivity index (χ0) is 19.5. The molecule has 2 atom stereocenters. The summed E-state index contributed by atoms with van der Waals surface area (Å²) in [4.78, 5) is 12.7. The molecule has 140 valence electrons. The molecule has 0 fully saturated rings. The highest BCUT2D eigenvalue weighted by Crippen LogP contribution is 2.32. The van der Waals surface area contributed by atoms with E-state index < -0.39 is 22.0 Å². The molecule has 0 aliphatic carbocycles. The van der Waals surface area contributed by atoms with Crippen molar-refractivity contribution in [2.45, 2.75) is 25.9 Å². The number of carbonyl (C=O) groups excluding carboxylic acids is 1. The third kappa shape index (κ3) is 4.90. The number of hydrogen-bond donors (Lipinski definition) is 1. The monoisotopic (exact) mass is 414 g/mol. The lowest BCUT2D eigenvalue weighted by atomic mass is 10.1. The zero-order valence-corrected chi connectivity index (χ0v) is 16.9. The summed E-state index contributed by atoms with van der Waals surface area (Å²) in [5.41, 5.74) is 1.08. The predicted octanol–water partition coefficient (Wildman–Crippen LogP) is 4.03. The van der Waals surface area contributed by atoms with Gasteiger partial charge in [0.1, 0.15) is 6.04 Å². The molecule has 0 spiro atoms. The molecule has 0 bridgehead atoms. The minimum absolute atomic E-state index is 0.164. The molecule has 8 heteroatoms. The molecule has 0 aliphatic rings. The summed E-state index contributed by atoms with van der Waals surface area (Å²) in [6, 6.07) is 12.6. The van der Waals surface area contributed by atoms with Crippen LogP contribution in [0.4, 0.5) is 5.69 Å². The van der Waals surface area contributed by atoms with Gasteiger partial charge in [-0.3, -0.25) is 9.10 Å². The van der Waals surface area contributed by atoms with Crippen LogP contribution in [-0.4, -0.2) is 26.6 Å². The largest absolute Gasteiger partial charge is 0.348 e. The number of anilines is 1. The van der Waals surface area contributed by atoms with Gasteiger partial charge in [-0.25, -0.2) is 8.42 Å². The standard InChI is InChI=1S/C18H20Cl2N2O3S/c1-12(14-7-5-4-6-8-14)21-18(23)13(2)22(26(3,24)25)17-11-15(19)9-10-16(17)20/h4-13H,1-3H3,(H,21,23). The predicted molar refractivity (Wildman–Crippen MR) is 106 cm³/mol. The number of halogens is 2. The van der Waals surface area contributed by atoms with Gasteiger partial charge in [0, 0.05) is 5.02 Å². The first-order valence-corrected chi connectivity index (χ1v) is 10.5. The van der Waals surface area contributed by atoms with Gasteiger partial charge >= 0.3 is 0 Å². The quantitative estimate of drug-likeness (QED) is 0.775. The van der Waals surface area contributed by atoms with Crippen LogP contribution in [0.15, 0.2) is 48.5 Å². The Morgan fingerprint density at radius 2 is 1.69 bits per heavy atom. The summed E-state index contributed by atoms with van der Waals surface area (Å²) in [5, 5.41) is 3.34. The van der Waals surface area contributed by atoms with Gasteiger partial charge in [0.15, 0.2) is 0 Å². The van der Waals surface area contributed by atoms with Gasteiger partial charge in [0.2, 0.25) is 15.9 Å². The fourth-order valence-corrected chi connectivity index (χ4v) is 4.20. The molecule has 0 aliphatic heterocycles. The first-order valence-electron chi connectivity index (χ1n) is 7.91. The summed E-state index contributed by atoms with van der Waals surface area (Å²) in [6.45, 7) is 3.34. The Balaban J connectivity index is 2.31. The second-order valence-corrected chi connectivity index (χ2v) is 8.67. The average molecular weight is 415 g/mol. The van der Waals surface area contributed by atoms with E-state index in [-0.39, 0.29) is 16.8 Å². The minimum atomic E-state index is -3.77. The van der Waals surface area contributed by atoms with Crippen LogP contribution in [0.5, 0.6) is 0 Å². The van der Waals surface area contributed by atoms with E-state index in [1.54, 1.807) is 6.07 Å². The molecule has 0 radical (unpaired) electrons. The molecule has 0 aromatic heterocycles. The molecular weight excluding hydrogens is 395 g/mol. The Hall–Kier alpha value is -1.76. The third-order valence-electron chi connectivity index (χ3n) is 3.89. The second-order valence-electron chi connectivity index (χ2n) is 5.97.